The molecule has 0 unspecified atom stereocenters. The number of fused-ring (bicyclic) bond motifs is 8. The van der Waals surface area contributed by atoms with Crippen molar-refractivity contribution in [2.45, 2.75) is 0 Å². The first kappa shape index (κ1) is 32.4. The van der Waals surface area contributed by atoms with Crippen LogP contribution in [0.3, 0.4) is 0 Å². The molecule has 3 heterocycles. The van der Waals surface area contributed by atoms with Gasteiger partial charge in [-0.05, 0) is 81.2 Å². The van der Waals surface area contributed by atoms with Crippen molar-refractivity contribution in [3.8, 4) is 51.0 Å². The normalized spacial score (nSPS) is 11.8. The lowest BCUT2D eigenvalue weighted by atomic mass is 10.0. The monoisotopic (exact) mass is 740 g/mol. The summed E-state index contributed by atoms with van der Waals surface area (Å²) >= 11 is 0. The molecule has 0 spiro atoms. The number of hydrogen-bond donors (Lipinski definition) is 0. The molecule has 3 aromatic heterocycles. The molecule has 0 amide bonds. The highest BCUT2D eigenvalue weighted by Gasteiger charge is 2.22. The molecule has 0 aliphatic rings. The van der Waals surface area contributed by atoms with Gasteiger partial charge < -0.3 is 8.98 Å². The van der Waals surface area contributed by atoms with Gasteiger partial charge in [0.1, 0.15) is 5.58 Å². The molecule has 0 radical (unpaired) electrons. The van der Waals surface area contributed by atoms with Gasteiger partial charge in [0, 0.05) is 38.2 Å². The van der Waals surface area contributed by atoms with Gasteiger partial charge in [-0.3, -0.25) is 0 Å². The van der Waals surface area contributed by atoms with Crippen molar-refractivity contribution < 1.29 is 4.42 Å². The van der Waals surface area contributed by atoms with E-state index in [2.05, 4.69) is 138 Å². The minimum Gasteiger partial charge on any atom is -0.454 e. The number of nitrogens with zero attached hydrogens (tertiary/aromatic N) is 4. The van der Waals surface area contributed by atoms with Crippen LogP contribution in [0.25, 0.3) is 116 Å². The third-order valence-electron chi connectivity index (χ3n) is 11.4. The maximum Gasteiger partial charge on any atom is 0.164 e. The minimum atomic E-state index is 0.585. The standard InChI is InChI=1S/C53H32N4O/c1-4-14-33(15-5-1)41-28-45-42-25-24-40(53-55-51(34-16-6-2-7-17-34)54-52(56-53)35-18-8-3-9-19-35)32-49(42)58-50(45)48(31-41)57-46-29-38-22-12-10-20-36(38)26-43(46)44-27-37-21-11-13-23-39(37)30-47(44)57/h1-32H. The number of aromatic nitrogens is 4. The molecule has 0 saturated heterocycles. The van der Waals surface area contributed by atoms with Crippen LogP contribution in [0, 0.1) is 0 Å². The van der Waals surface area contributed by atoms with E-state index in [-0.39, 0.29) is 0 Å². The van der Waals surface area contributed by atoms with Crippen molar-refractivity contribution in [2.24, 2.45) is 0 Å². The lowest BCUT2D eigenvalue weighted by molar-refractivity contribution is 0.666. The Hall–Kier alpha value is -7.89. The number of furan rings is 1. The largest absolute Gasteiger partial charge is 0.454 e. The Balaban J connectivity index is 1.14. The molecule has 5 nitrogen and oxygen atoms in total. The van der Waals surface area contributed by atoms with Crippen LogP contribution in [0.1, 0.15) is 0 Å². The fourth-order valence-electron chi connectivity index (χ4n) is 8.55. The molecular weight excluding hydrogens is 709 g/mol. The zero-order chi connectivity index (χ0) is 38.2. The Morgan fingerprint density at radius 3 is 1.33 bits per heavy atom. The quantitative estimate of drug-likeness (QED) is 0.176. The zero-order valence-corrected chi connectivity index (χ0v) is 31.2. The molecule has 0 N–H and O–H groups in total. The molecule has 9 aromatic carbocycles. The minimum absolute atomic E-state index is 0.585. The van der Waals surface area contributed by atoms with E-state index in [1.54, 1.807) is 0 Å². The Morgan fingerprint density at radius 2 is 0.793 bits per heavy atom. The fraction of sp³-hybridized carbons (Fsp3) is 0. The van der Waals surface area contributed by atoms with Crippen molar-refractivity contribution >= 4 is 65.3 Å². The van der Waals surface area contributed by atoms with Gasteiger partial charge in [-0.25, -0.2) is 15.0 Å². The van der Waals surface area contributed by atoms with E-state index in [0.29, 0.717) is 17.5 Å². The molecule has 0 atom stereocenters. The average Bonchev–Trinajstić information content (AvgIpc) is 3.82. The second-order valence-electron chi connectivity index (χ2n) is 14.9. The molecular formula is C53H32N4O. The van der Waals surface area contributed by atoms with Crippen molar-refractivity contribution in [1.29, 1.82) is 0 Å². The van der Waals surface area contributed by atoms with Crippen molar-refractivity contribution in [3.05, 3.63) is 194 Å². The van der Waals surface area contributed by atoms with Crippen molar-refractivity contribution in [1.82, 2.24) is 19.5 Å². The predicted octanol–water partition coefficient (Wildman–Crippen LogP) is 13.8. The summed E-state index contributed by atoms with van der Waals surface area (Å²) in [5, 5.41) is 9.28. The summed E-state index contributed by atoms with van der Waals surface area (Å²) in [6.45, 7) is 0. The molecule has 0 saturated carbocycles. The molecule has 58 heavy (non-hydrogen) atoms. The van der Waals surface area contributed by atoms with E-state index < -0.39 is 0 Å². The molecule has 0 aliphatic carbocycles. The molecule has 12 aromatic rings. The Morgan fingerprint density at radius 1 is 0.328 bits per heavy atom. The average molecular weight is 741 g/mol. The van der Waals surface area contributed by atoms with Gasteiger partial charge in [-0.15, -0.1) is 0 Å². The Labute approximate surface area is 333 Å². The van der Waals surface area contributed by atoms with E-state index in [9.17, 15) is 0 Å². The van der Waals surface area contributed by atoms with Gasteiger partial charge in [-0.1, -0.05) is 146 Å². The van der Waals surface area contributed by atoms with Gasteiger partial charge in [0.25, 0.3) is 0 Å². The summed E-state index contributed by atoms with van der Waals surface area (Å²) in [6.07, 6.45) is 0. The summed E-state index contributed by atoms with van der Waals surface area (Å²) in [7, 11) is 0. The van der Waals surface area contributed by atoms with Crippen LogP contribution in [-0.2, 0) is 0 Å². The maximum absolute atomic E-state index is 7.07. The lowest BCUT2D eigenvalue weighted by Gasteiger charge is -2.12. The maximum atomic E-state index is 7.07. The van der Waals surface area contributed by atoms with E-state index in [0.717, 1.165) is 66.5 Å². The predicted molar refractivity (Wildman–Crippen MR) is 238 cm³/mol. The molecule has 5 heteroatoms. The van der Waals surface area contributed by atoms with E-state index in [4.69, 9.17) is 19.4 Å². The second-order valence-corrected chi connectivity index (χ2v) is 14.9. The number of benzene rings is 9. The van der Waals surface area contributed by atoms with Gasteiger partial charge in [0.15, 0.2) is 23.1 Å². The van der Waals surface area contributed by atoms with Crippen LogP contribution in [0.15, 0.2) is 199 Å². The van der Waals surface area contributed by atoms with Crippen LogP contribution in [0.5, 0.6) is 0 Å². The highest BCUT2D eigenvalue weighted by atomic mass is 16.3. The Bertz CT molecular complexity index is 3400. The first-order valence-electron chi connectivity index (χ1n) is 19.5. The summed E-state index contributed by atoms with van der Waals surface area (Å²) in [5.74, 6) is 1.83. The third-order valence-corrected chi connectivity index (χ3v) is 11.4. The zero-order valence-electron chi connectivity index (χ0n) is 31.2. The SMILES string of the molecule is c1ccc(-c2cc(-n3c4cc5ccccc5cc4c4cc5ccccc5cc43)c3oc4cc(-c5nc(-c6ccccc6)nc(-c6ccccc6)n5)ccc4c3c2)cc1. The van der Waals surface area contributed by atoms with Crippen LogP contribution >= 0.6 is 0 Å². The van der Waals surface area contributed by atoms with E-state index in [1.165, 1.54) is 32.3 Å². The van der Waals surface area contributed by atoms with Gasteiger partial charge in [-0.2, -0.15) is 0 Å². The van der Waals surface area contributed by atoms with E-state index >= 15 is 0 Å². The molecule has 12 rings (SSSR count). The summed E-state index contributed by atoms with van der Waals surface area (Å²) in [4.78, 5) is 15.0. The molecule has 270 valence electrons. The van der Waals surface area contributed by atoms with Gasteiger partial charge in [0.05, 0.1) is 16.7 Å². The second kappa shape index (κ2) is 12.8. The first-order chi connectivity index (χ1) is 28.7. The molecule has 0 fully saturated rings. The van der Waals surface area contributed by atoms with Crippen LogP contribution in [0.2, 0.25) is 0 Å². The van der Waals surface area contributed by atoms with Gasteiger partial charge >= 0.3 is 0 Å². The number of rotatable bonds is 5. The fourth-order valence-corrected chi connectivity index (χ4v) is 8.55. The van der Waals surface area contributed by atoms with Crippen LogP contribution < -0.4 is 0 Å². The highest BCUT2D eigenvalue weighted by molar-refractivity contribution is 6.18. The number of hydrogen-bond acceptors (Lipinski definition) is 4. The summed E-state index contributed by atoms with van der Waals surface area (Å²) < 4.78 is 9.48. The molecule has 0 bridgehead atoms. The lowest BCUT2D eigenvalue weighted by Crippen LogP contribution is -2.00. The smallest absolute Gasteiger partial charge is 0.164 e. The van der Waals surface area contributed by atoms with Crippen molar-refractivity contribution in [3.63, 3.8) is 0 Å². The van der Waals surface area contributed by atoms with Crippen LogP contribution in [0.4, 0.5) is 0 Å². The van der Waals surface area contributed by atoms with Gasteiger partial charge in [0.2, 0.25) is 0 Å². The molecule has 0 aliphatic heterocycles. The van der Waals surface area contributed by atoms with E-state index in [1.807, 2.05) is 60.7 Å². The topological polar surface area (TPSA) is 56.7 Å². The first-order valence-corrected chi connectivity index (χ1v) is 19.5. The highest BCUT2D eigenvalue weighted by Crippen LogP contribution is 2.43. The Kier molecular flexibility index (Phi) is 7.16. The summed E-state index contributed by atoms with van der Waals surface area (Å²) in [6, 6.07) is 68.2. The van der Waals surface area contributed by atoms with Crippen molar-refractivity contribution in [2.75, 3.05) is 0 Å². The van der Waals surface area contributed by atoms with Crippen LogP contribution in [-0.4, -0.2) is 19.5 Å². The third kappa shape index (κ3) is 5.21. The summed E-state index contributed by atoms with van der Waals surface area (Å²) in [5.41, 5.74) is 9.78.